The molecule has 1 aromatic rings. The van der Waals surface area contributed by atoms with Gasteiger partial charge in [0.15, 0.2) is 5.78 Å². The zero-order chi connectivity index (χ0) is 22.1. The second-order valence-corrected chi connectivity index (χ2v) is 9.92. The molecule has 3 rings (SSSR count). The molecule has 2 aliphatic heterocycles. The Labute approximate surface area is 179 Å². The molecule has 2 amide bonds. The summed E-state index contributed by atoms with van der Waals surface area (Å²) in [5, 5.41) is 2.93. The molecule has 6 heteroatoms. The first-order valence-electron chi connectivity index (χ1n) is 10.9. The van der Waals surface area contributed by atoms with Gasteiger partial charge >= 0.3 is 0 Å². The number of Topliss-reactive ketones (excluding diaryl/α,β-unsaturated/α-hetero) is 1. The zero-order valence-corrected chi connectivity index (χ0v) is 18.7. The highest BCUT2D eigenvalue weighted by Gasteiger charge is 2.45. The number of rotatable bonds is 5. The number of benzene rings is 1. The maximum absolute atomic E-state index is 13.4. The summed E-state index contributed by atoms with van der Waals surface area (Å²) in [5.41, 5.74) is 1.68. The van der Waals surface area contributed by atoms with Crippen molar-refractivity contribution in [3.63, 3.8) is 0 Å². The van der Waals surface area contributed by atoms with E-state index < -0.39 is 12.1 Å². The fourth-order valence-electron chi connectivity index (χ4n) is 4.29. The molecule has 0 spiro atoms. The Hall–Kier alpha value is -2.21. The number of ketones is 1. The van der Waals surface area contributed by atoms with Crippen molar-refractivity contribution in [2.24, 2.45) is 5.92 Å². The van der Waals surface area contributed by atoms with Crippen LogP contribution in [-0.2, 0) is 19.7 Å². The molecule has 2 aliphatic rings. The first kappa shape index (κ1) is 22.5. The van der Waals surface area contributed by atoms with Crippen molar-refractivity contribution in [2.75, 3.05) is 13.2 Å². The molecule has 0 saturated carbocycles. The fraction of sp³-hybridized carbons (Fsp3) is 0.625. The van der Waals surface area contributed by atoms with Gasteiger partial charge in [0.25, 0.3) is 5.91 Å². The summed E-state index contributed by atoms with van der Waals surface area (Å²) in [4.78, 5) is 40.2. The van der Waals surface area contributed by atoms with Crippen molar-refractivity contribution < 1.29 is 19.1 Å². The van der Waals surface area contributed by atoms with Crippen LogP contribution in [0.1, 0.15) is 69.8 Å². The van der Waals surface area contributed by atoms with Gasteiger partial charge in [0.1, 0.15) is 18.7 Å². The SMILES string of the molecule is CC(C)CC(NC(=O)c1ccc(C(C)(C)C)cc1)C(=O)N1CCCC2OCC(=O)C21. The van der Waals surface area contributed by atoms with Gasteiger partial charge in [0, 0.05) is 12.1 Å². The molecule has 6 nitrogen and oxygen atoms in total. The lowest BCUT2D eigenvalue weighted by Crippen LogP contribution is -2.58. The zero-order valence-electron chi connectivity index (χ0n) is 18.7. The third kappa shape index (κ3) is 4.91. The number of ether oxygens (including phenoxy) is 1. The van der Waals surface area contributed by atoms with Crippen molar-refractivity contribution in [2.45, 2.75) is 77.5 Å². The molecule has 0 aromatic heterocycles. The molecule has 2 fully saturated rings. The fourth-order valence-corrected chi connectivity index (χ4v) is 4.29. The molecule has 164 valence electrons. The van der Waals surface area contributed by atoms with E-state index in [-0.39, 0.29) is 41.6 Å². The highest BCUT2D eigenvalue weighted by Crippen LogP contribution is 2.27. The minimum absolute atomic E-state index is 0.00580. The van der Waals surface area contributed by atoms with Crippen LogP contribution < -0.4 is 5.32 Å². The van der Waals surface area contributed by atoms with Crippen molar-refractivity contribution >= 4 is 17.6 Å². The molecule has 3 unspecified atom stereocenters. The van der Waals surface area contributed by atoms with E-state index in [0.29, 0.717) is 18.5 Å². The minimum Gasteiger partial charge on any atom is -0.368 e. The Balaban J connectivity index is 1.76. The van der Waals surface area contributed by atoms with Gasteiger partial charge < -0.3 is 15.0 Å². The molecular weight excluding hydrogens is 380 g/mol. The Kier molecular flexibility index (Phi) is 6.65. The lowest BCUT2D eigenvalue weighted by atomic mass is 9.86. The van der Waals surface area contributed by atoms with E-state index in [2.05, 4.69) is 26.1 Å². The van der Waals surface area contributed by atoms with Gasteiger partial charge in [-0.25, -0.2) is 0 Å². The van der Waals surface area contributed by atoms with E-state index in [1.807, 2.05) is 26.0 Å². The maximum atomic E-state index is 13.4. The molecule has 1 aromatic carbocycles. The summed E-state index contributed by atoms with van der Waals surface area (Å²) in [7, 11) is 0. The lowest BCUT2D eigenvalue weighted by Gasteiger charge is -2.37. The molecule has 0 aliphatic carbocycles. The second kappa shape index (κ2) is 8.88. The molecule has 30 heavy (non-hydrogen) atoms. The maximum Gasteiger partial charge on any atom is 0.251 e. The highest BCUT2D eigenvalue weighted by atomic mass is 16.5. The third-order valence-corrected chi connectivity index (χ3v) is 5.95. The number of amides is 2. The quantitative estimate of drug-likeness (QED) is 0.803. The van der Waals surface area contributed by atoms with Crippen LogP contribution in [0, 0.1) is 5.92 Å². The monoisotopic (exact) mass is 414 g/mol. The summed E-state index contributed by atoms with van der Waals surface area (Å²) < 4.78 is 5.57. The summed E-state index contributed by atoms with van der Waals surface area (Å²) in [6, 6.07) is 6.35. The second-order valence-electron chi connectivity index (χ2n) is 9.92. The number of piperidine rings is 1. The average molecular weight is 415 g/mol. The minimum atomic E-state index is -0.660. The van der Waals surface area contributed by atoms with Crippen molar-refractivity contribution in [3.8, 4) is 0 Å². The first-order chi connectivity index (χ1) is 14.1. The molecule has 0 radical (unpaired) electrons. The first-order valence-corrected chi connectivity index (χ1v) is 10.9. The number of nitrogens with zero attached hydrogens (tertiary/aromatic N) is 1. The van der Waals surface area contributed by atoms with E-state index in [1.54, 1.807) is 17.0 Å². The van der Waals surface area contributed by atoms with E-state index in [4.69, 9.17) is 4.74 Å². The number of hydrogen-bond acceptors (Lipinski definition) is 4. The van der Waals surface area contributed by atoms with E-state index >= 15 is 0 Å². The Morgan fingerprint density at radius 1 is 1.20 bits per heavy atom. The number of likely N-dealkylation sites (tertiary alicyclic amines) is 1. The van der Waals surface area contributed by atoms with E-state index in [9.17, 15) is 14.4 Å². The number of fused-ring (bicyclic) bond motifs is 1. The van der Waals surface area contributed by atoms with Crippen LogP contribution in [0.4, 0.5) is 0 Å². The Morgan fingerprint density at radius 2 is 1.87 bits per heavy atom. The molecule has 1 N–H and O–H groups in total. The molecule has 2 saturated heterocycles. The van der Waals surface area contributed by atoms with Crippen LogP contribution in [0.3, 0.4) is 0 Å². The predicted molar refractivity (Wildman–Crippen MR) is 115 cm³/mol. The van der Waals surface area contributed by atoms with E-state index in [0.717, 1.165) is 18.4 Å². The topological polar surface area (TPSA) is 75.7 Å². The standard InChI is InChI=1S/C24H34N2O4/c1-15(2)13-18(23(29)26-12-6-7-20-21(26)19(27)14-30-20)25-22(28)16-8-10-17(11-9-16)24(3,4)5/h8-11,15,18,20-21H,6-7,12-14H2,1-5H3,(H,25,28). The van der Waals surface area contributed by atoms with Gasteiger partial charge in [-0.2, -0.15) is 0 Å². The molecule has 0 bridgehead atoms. The molecule has 3 atom stereocenters. The number of hydrogen-bond donors (Lipinski definition) is 1. The van der Waals surface area contributed by atoms with Crippen LogP contribution >= 0.6 is 0 Å². The molecule has 2 heterocycles. The highest BCUT2D eigenvalue weighted by molar-refractivity contribution is 5.99. The van der Waals surface area contributed by atoms with Gasteiger partial charge in [-0.3, -0.25) is 14.4 Å². The van der Waals surface area contributed by atoms with Gasteiger partial charge in [0.2, 0.25) is 5.91 Å². The lowest BCUT2D eigenvalue weighted by molar-refractivity contribution is -0.142. The summed E-state index contributed by atoms with van der Waals surface area (Å²) in [5.74, 6) is -0.270. The van der Waals surface area contributed by atoms with Gasteiger partial charge in [-0.05, 0) is 48.3 Å². The third-order valence-electron chi connectivity index (χ3n) is 5.95. The summed E-state index contributed by atoms with van der Waals surface area (Å²) >= 11 is 0. The van der Waals surface area contributed by atoms with Crippen LogP contribution in [-0.4, -0.2) is 53.8 Å². The normalized spacial score (nSPS) is 22.7. The summed E-state index contributed by atoms with van der Waals surface area (Å²) in [6.07, 6.45) is 1.90. The Bertz CT molecular complexity index is 794. The van der Waals surface area contributed by atoms with Crippen LogP contribution in [0.2, 0.25) is 0 Å². The predicted octanol–water partition coefficient (Wildman–Crippen LogP) is 3.09. The van der Waals surface area contributed by atoms with Gasteiger partial charge in [0.05, 0.1) is 6.10 Å². The number of carbonyl (C=O) groups excluding carboxylic acids is 3. The molecular formula is C24H34N2O4. The van der Waals surface area contributed by atoms with Crippen LogP contribution in [0.25, 0.3) is 0 Å². The van der Waals surface area contributed by atoms with Gasteiger partial charge in [-0.15, -0.1) is 0 Å². The van der Waals surface area contributed by atoms with E-state index in [1.165, 1.54) is 0 Å². The number of nitrogens with one attached hydrogen (secondary N) is 1. The van der Waals surface area contributed by atoms with Crippen molar-refractivity contribution in [1.29, 1.82) is 0 Å². The number of carbonyl (C=O) groups is 3. The largest absolute Gasteiger partial charge is 0.368 e. The van der Waals surface area contributed by atoms with Crippen LogP contribution in [0.5, 0.6) is 0 Å². The Morgan fingerprint density at radius 3 is 2.47 bits per heavy atom. The average Bonchev–Trinajstić information content (AvgIpc) is 3.07. The van der Waals surface area contributed by atoms with Crippen molar-refractivity contribution in [1.82, 2.24) is 10.2 Å². The summed E-state index contributed by atoms with van der Waals surface area (Å²) in [6.45, 7) is 11.0. The van der Waals surface area contributed by atoms with Crippen LogP contribution in [0.15, 0.2) is 24.3 Å². The van der Waals surface area contributed by atoms with Gasteiger partial charge in [-0.1, -0.05) is 46.8 Å². The van der Waals surface area contributed by atoms with Crippen molar-refractivity contribution in [3.05, 3.63) is 35.4 Å². The smallest absolute Gasteiger partial charge is 0.251 e.